The summed E-state index contributed by atoms with van der Waals surface area (Å²) in [7, 11) is 0. The Labute approximate surface area is 104 Å². The van der Waals surface area contributed by atoms with E-state index in [-0.39, 0.29) is 17.9 Å². The van der Waals surface area contributed by atoms with Gasteiger partial charge in [-0.15, -0.1) is 5.10 Å². The number of nitrogens with zero attached hydrogens (tertiary/aromatic N) is 2. The summed E-state index contributed by atoms with van der Waals surface area (Å²) in [6, 6.07) is 0. The molecule has 2 N–H and O–H groups in total. The Morgan fingerprint density at radius 2 is 2.29 bits per heavy atom. The zero-order valence-corrected chi connectivity index (χ0v) is 10.7. The summed E-state index contributed by atoms with van der Waals surface area (Å²) in [6.07, 6.45) is 3.79. The van der Waals surface area contributed by atoms with Crippen molar-refractivity contribution in [2.45, 2.75) is 38.7 Å². The third-order valence-electron chi connectivity index (χ3n) is 3.25. The number of hydrogen-bond acceptors (Lipinski definition) is 5. The molecular weight excluding hydrogens is 238 g/mol. The molecule has 1 aliphatic carbocycles. The number of nitrogens with one attached hydrogen (secondary N) is 1. The highest BCUT2D eigenvalue weighted by molar-refractivity contribution is 7.07. The van der Waals surface area contributed by atoms with Gasteiger partial charge in [0.15, 0.2) is 0 Å². The lowest BCUT2D eigenvalue weighted by Crippen LogP contribution is -2.36. The van der Waals surface area contributed by atoms with Crippen molar-refractivity contribution < 1.29 is 9.90 Å². The van der Waals surface area contributed by atoms with Gasteiger partial charge in [0.1, 0.15) is 4.88 Å². The normalized spacial score (nSPS) is 24.6. The molecule has 0 radical (unpaired) electrons. The first kappa shape index (κ1) is 12.4. The van der Waals surface area contributed by atoms with Crippen molar-refractivity contribution >= 4 is 17.4 Å². The van der Waals surface area contributed by atoms with Gasteiger partial charge in [0.25, 0.3) is 5.91 Å². The standard InChI is InChI=1S/C11H17N3O2S/c1-7-10(17-14-13-7)11(16)12-6-8-4-2-3-5-9(8)15/h8-9,15H,2-6H2,1H3,(H,12,16). The molecule has 1 heterocycles. The third-order valence-corrected chi connectivity index (χ3v) is 4.08. The molecule has 0 aromatic carbocycles. The maximum Gasteiger partial charge on any atom is 0.264 e. The second-order valence-corrected chi connectivity index (χ2v) is 5.26. The highest BCUT2D eigenvalue weighted by atomic mass is 32.1. The number of carbonyl (C=O) groups is 1. The van der Waals surface area contributed by atoms with Crippen molar-refractivity contribution in [1.29, 1.82) is 0 Å². The molecule has 0 bridgehead atoms. The fourth-order valence-electron chi connectivity index (χ4n) is 2.17. The predicted molar refractivity (Wildman–Crippen MR) is 64.9 cm³/mol. The minimum atomic E-state index is -0.273. The number of aliphatic hydroxyl groups excluding tert-OH is 1. The molecular formula is C11H17N3O2S. The molecule has 2 rings (SSSR count). The molecule has 2 unspecified atom stereocenters. The second-order valence-electron chi connectivity index (χ2n) is 4.51. The van der Waals surface area contributed by atoms with Crippen LogP contribution in [0.5, 0.6) is 0 Å². The number of aliphatic hydroxyl groups is 1. The van der Waals surface area contributed by atoms with Crippen LogP contribution in [0.3, 0.4) is 0 Å². The van der Waals surface area contributed by atoms with Gasteiger partial charge in [0.05, 0.1) is 11.8 Å². The van der Waals surface area contributed by atoms with E-state index in [1.807, 2.05) is 0 Å². The van der Waals surface area contributed by atoms with Gasteiger partial charge in [-0.2, -0.15) is 0 Å². The van der Waals surface area contributed by atoms with Crippen LogP contribution >= 0.6 is 11.5 Å². The van der Waals surface area contributed by atoms with Crippen molar-refractivity contribution in [3.05, 3.63) is 10.6 Å². The quantitative estimate of drug-likeness (QED) is 0.849. The number of rotatable bonds is 3. The van der Waals surface area contributed by atoms with Gasteiger partial charge >= 0.3 is 0 Å². The first-order valence-electron chi connectivity index (χ1n) is 5.93. The second kappa shape index (κ2) is 5.55. The van der Waals surface area contributed by atoms with Gasteiger partial charge in [-0.3, -0.25) is 4.79 Å². The van der Waals surface area contributed by atoms with Crippen LogP contribution in [-0.2, 0) is 0 Å². The van der Waals surface area contributed by atoms with Gasteiger partial charge < -0.3 is 10.4 Å². The van der Waals surface area contributed by atoms with E-state index in [1.165, 1.54) is 0 Å². The molecule has 5 nitrogen and oxygen atoms in total. The highest BCUT2D eigenvalue weighted by Gasteiger charge is 2.24. The van der Waals surface area contributed by atoms with Crippen molar-refractivity contribution in [1.82, 2.24) is 14.9 Å². The summed E-state index contributed by atoms with van der Waals surface area (Å²) in [6.45, 7) is 2.31. The maximum atomic E-state index is 11.8. The minimum absolute atomic E-state index is 0.129. The first-order chi connectivity index (χ1) is 8.18. The molecule has 94 valence electrons. The first-order valence-corrected chi connectivity index (χ1v) is 6.71. The van der Waals surface area contributed by atoms with Crippen molar-refractivity contribution in [3.8, 4) is 0 Å². The Morgan fingerprint density at radius 1 is 1.53 bits per heavy atom. The van der Waals surface area contributed by atoms with Gasteiger partial charge in [0.2, 0.25) is 0 Å². The van der Waals surface area contributed by atoms with Crippen LogP contribution in [0.1, 0.15) is 41.0 Å². The number of carbonyl (C=O) groups excluding carboxylic acids is 1. The van der Waals surface area contributed by atoms with E-state index in [0.29, 0.717) is 17.1 Å². The van der Waals surface area contributed by atoms with Crippen LogP contribution < -0.4 is 5.32 Å². The molecule has 17 heavy (non-hydrogen) atoms. The lowest BCUT2D eigenvalue weighted by atomic mass is 9.86. The highest BCUT2D eigenvalue weighted by Crippen LogP contribution is 2.23. The number of aryl methyl sites for hydroxylation is 1. The molecule has 0 spiro atoms. The Hall–Kier alpha value is -1.01. The van der Waals surface area contributed by atoms with E-state index in [2.05, 4.69) is 14.9 Å². The van der Waals surface area contributed by atoms with Crippen LogP contribution in [0.2, 0.25) is 0 Å². The lowest BCUT2D eigenvalue weighted by Gasteiger charge is -2.27. The van der Waals surface area contributed by atoms with Gasteiger partial charge in [-0.25, -0.2) is 0 Å². The van der Waals surface area contributed by atoms with Gasteiger partial charge in [-0.1, -0.05) is 17.3 Å². The monoisotopic (exact) mass is 255 g/mol. The van der Waals surface area contributed by atoms with E-state index < -0.39 is 0 Å². The van der Waals surface area contributed by atoms with E-state index in [9.17, 15) is 9.90 Å². The molecule has 6 heteroatoms. The number of aromatic nitrogens is 2. The molecule has 0 aliphatic heterocycles. The van der Waals surface area contributed by atoms with E-state index in [0.717, 1.165) is 37.2 Å². The summed E-state index contributed by atoms with van der Waals surface area (Å²) in [4.78, 5) is 12.4. The van der Waals surface area contributed by atoms with Gasteiger partial charge in [-0.05, 0) is 31.3 Å². The van der Waals surface area contributed by atoms with E-state index in [4.69, 9.17) is 0 Å². The Kier molecular flexibility index (Phi) is 4.06. The topological polar surface area (TPSA) is 75.1 Å². The molecule has 1 fully saturated rings. The molecule has 2 atom stereocenters. The van der Waals surface area contributed by atoms with Crippen molar-refractivity contribution in [2.24, 2.45) is 5.92 Å². The van der Waals surface area contributed by atoms with Crippen LogP contribution in [-0.4, -0.2) is 33.2 Å². The molecule has 0 saturated heterocycles. The predicted octanol–water partition coefficient (Wildman–Crippen LogP) is 1.13. The zero-order chi connectivity index (χ0) is 12.3. The maximum absolute atomic E-state index is 11.8. The summed E-state index contributed by atoms with van der Waals surface area (Å²) in [5.41, 5.74) is 0.664. The lowest BCUT2D eigenvalue weighted by molar-refractivity contribution is 0.0664. The Balaban J connectivity index is 1.86. The average Bonchev–Trinajstić information content (AvgIpc) is 2.74. The fraction of sp³-hybridized carbons (Fsp3) is 0.727. The SMILES string of the molecule is Cc1nnsc1C(=O)NCC1CCCCC1O. The summed E-state index contributed by atoms with van der Waals surface area (Å²) in [5, 5.41) is 16.5. The summed E-state index contributed by atoms with van der Waals surface area (Å²) < 4.78 is 3.73. The van der Waals surface area contributed by atoms with E-state index in [1.54, 1.807) is 6.92 Å². The van der Waals surface area contributed by atoms with Gasteiger partial charge in [0, 0.05) is 12.5 Å². The van der Waals surface area contributed by atoms with Crippen LogP contribution in [0, 0.1) is 12.8 Å². The fourth-order valence-corrected chi connectivity index (χ4v) is 2.74. The minimum Gasteiger partial charge on any atom is -0.393 e. The van der Waals surface area contributed by atoms with E-state index >= 15 is 0 Å². The van der Waals surface area contributed by atoms with Crippen LogP contribution in [0.15, 0.2) is 0 Å². The molecule has 1 aromatic heterocycles. The Bertz CT molecular complexity index is 394. The molecule has 1 saturated carbocycles. The average molecular weight is 255 g/mol. The number of amides is 1. The molecule has 1 aliphatic rings. The van der Waals surface area contributed by atoms with Crippen LogP contribution in [0.4, 0.5) is 0 Å². The zero-order valence-electron chi connectivity index (χ0n) is 9.85. The Morgan fingerprint density at radius 3 is 2.94 bits per heavy atom. The molecule has 1 aromatic rings. The largest absolute Gasteiger partial charge is 0.393 e. The smallest absolute Gasteiger partial charge is 0.264 e. The number of hydrogen-bond donors (Lipinski definition) is 2. The summed E-state index contributed by atoms with van der Waals surface area (Å²) >= 11 is 1.11. The third kappa shape index (κ3) is 3.01. The van der Waals surface area contributed by atoms with Crippen molar-refractivity contribution in [2.75, 3.05) is 6.54 Å². The van der Waals surface area contributed by atoms with Crippen molar-refractivity contribution in [3.63, 3.8) is 0 Å². The summed E-state index contributed by atoms with van der Waals surface area (Å²) in [5.74, 6) is 0.0594. The van der Waals surface area contributed by atoms with Crippen LogP contribution in [0.25, 0.3) is 0 Å². The molecule has 1 amide bonds.